The summed E-state index contributed by atoms with van der Waals surface area (Å²) in [7, 11) is 0. The largest absolute Gasteiger partial charge is 0.454 e. The van der Waals surface area contributed by atoms with Gasteiger partial charge in [0.1, 0.15) is 0 Å². The lowest BCUT2D eigenvalue weighted by molar-refractivity contribution is -0.132. The van der Waals surface area contributed by atoms with Gasteiger partial charge in [-0.25, -0.2) is 0 Å². The summed E-state index contributed by atoms with van der Waals surface area (Å²) in [6.45, 7) is 4.23. The number of amides is 1. The van der Waals surface area contributed by atoms with Gasteiger partial charge in [0.25, 0.3) is 0 Å². The van der Waals surface area contributed by atoms with E-state index in [0.29, 0.717) is 12.5 Å². The van der Waals surface area contributed by atoms with Crippen molar-refractivity contribution in [3.63, 3.8) is 0 Å². The van der Waals surface area contributed by atoms with Gasteiger partial charge in [0.2, 0.25) is 12.7 Å². The zero-order chi connectivity index (χ0) is 18.2. The molecule has 0 radical (unpaired) electrons. The first kappa shape index (κ1) is 17.1. The molecule has 5 nitrogen and oxygen atoms in total. The third-order valence-corrected chi connectivity index (χ3v) is 6.99. The number of rotatable bonds is 3. The molecule has 0 saturated carbocycles. The predicted octanol–water partition coefficient (Wildman–Crippen LogP) is 3.07. The summed E-state index contributed by atoms with van der Waals surface area (Å²) in [5, 5.41) is 2.21. The molecule has 2 aromatic rings. The van der Waals surface area contributed by atoms with Gasteiger partial charge in [-0.1, -0.05) is 6.07 Å². The predicted molar refractivity (Wildman–Crippen MR) is 104 cm³/mol. The molecular weight excluding hydrogens is 360 g/mol. The Balaban J connectivity index is 1.15. The maximum atomic E-state index is 12.7. The summed E-state index contributed by atoms with van der Waals surface area (Å²) in [6.07, 6.45) is 3.76. The summed E-state index contributed by atoms with van der Waals surface area (Å²) in [4.78, 5) is 18.9. The Kier molecular flexibility index (Phi) is 4.53. The average molecular weight is 385 g/mol. The van der Waals surface area contributed by atoms with Crippen LogP contribution in [0.15, 0.2) is 29.6 Å². The van der Waals surface area contributed by atoms with Gasteiger partial charge in [-0.15, -0.1) is 11.3 Å². The van der Waals surface area contributed by atoms with Gasteiger partial charge in [0.15, 0.2) is 11.5 Å². The molecule has 1 saturated heterocycles. The lowest BCUT2D eigenvalue weighted by Gasteiger charge is -2.40. The number of carbonyl (C=O) groups excluding carboxylic acids is 1. The van der Waals surface area contributed by atoms with Crippen LogP contribution in [0.2, 0.25) is 0 Å². The zero-order valence-corrected chi connectivity index (χ0v) is 16.2. The molecule has 5 rings (SSSR count). The first-order valence-corrected chi connectivity index (χ1v) is 10.6. The fraction of sp³-hybridized carbons (Fsp3) is 0.476. The molecule has 3 aliphatic rings. The lowest BCUT2D eigenvalue weighted by atomic mass is 9.99. The fourth-order valence-corrected chi connectivity index (χ4v) is 5.29. The van der Waals surface area contributed by atoms with Gasteiger partial charge in [-0.3, -0.25) is 9.69 Å². The molecule has 1 fully saturated rings. The van der Waals surface area contributed by atoms with E-state index in [4.69, 9.17) is 9.47 Å². The first-order chi connectivity index (χ1) is 13.3. The number of ether oxygens (including phenoxy) is 2. The number of nitrogens with zero attached hydrogens (tertiary/aromatic N) is 2. The number of hydrogen-bond acceptors (Lipinski definition) is 5. The van der Waals surface area contributed by atoms with Crippen LogP contribution < -0.4 is 9.47 Å². The second-order valence-electron chi connectivity index (χ2n) is 7.57. The molecule has 6 heteroatoms. The highest BCUT2D eigenvalue weighted by Crippen LogP contribution is 2.33. The summed E-state index contributed by atoms with van der Waals surface area (Å²) in [6, 6.07) is 8.67. The van der Waals surface area contributed by atoms with Crippen LogP contribution in [0.4, 0.5) is 0 Å². The van der Waals surface area contributed by atoms with Crippen LogP contribution in [0.1, 0.15) is 28.8 Å². The van der Waals surface area contributed by atoms with Crippen molar-refractivity contribution >= 4 is 17.2 Å². The minimum Gasteiger partial charge on any atom is -0.454 e. The summed E-state index contributed by atoms with van der Waals surface area (Å²) < 4.78 is 10.8. The molecule has 0 atom stereocenters. The van der Waals surface area contributed by atoms with Gasteiger partial charge in [-0.05, 0) is 54.0 Å². The molecule has 27 heavy (non-hydrogen) atoms. The van der Waals surface area contributed by atoms with E-state index in [1.54, 1.807) is 4.88 Å². The molecule has 1 aromatic carbocycles. The molecule has 0 spiro atoms. The van der Waals surface area contributed by atoms with Crippen molar-refractivity contribution in [3.05, 3.63) is 45.6 Å². The first-order valence-electron chi connectivity index (χ1n) is 9.72. The van der Waals surface area contributed by atoms with Crippen LogP contribution in [-0.4, -0.2) is 48.2 Å². The smallest absolute Gasteiger partial charge is 0.231 e. The van der Waals surface area contributed by atoms with Crippen molar-refractivity contribution in [2.45, 2.75) is 38.3 Å². The second kappa shape index (κ2) is 7.17. The van der Waals surface area contributed by atoms with Gasteiger partial charge in [0, 0.05) is 37.1 Å². The molecule has 0 aliphatic carbocycles. The van der Waals surface area contributed by atoms with Gasteiger partial charge in [-0.2, -0.15) is 0 Å². The second-order valence-corrected chi connectivity index (χ2v) is 8.57. The minimum absolute atomic E-state index is 0.214. The number of thiophene rings is 1. The van der Waals surface area contributed by atoms with Crippen molar-refractivity contribution in [1.29, 1.82) is 0 Å². The molecular formula is C21H24N2O3S. The Morgan fingerprint density at radius 3 is 2.85 bits per heavy atom. The standard InChI is InChI=1S/C21H24N2O3S/c24-21(12-15-1-2-18-19(11-15)26-14-25-18)22-7-3-17(4-8-22)23-9-5-20-16(13-23)6-10-27-20/h1-2,6,10-11,17H,3-5,7-9,12-14H2. The van der Waals surface area contributed by atoms with E-state index in [0.717, 1.165) is 56.1 Å². The third-order valence-electron chi connectivity index (χ3n) is 5.96. The highest BCUT2D eigenvalue weighted by molar-refractivity contribution is 7.10. The van der Waals surface area contributed by atoms with Crippen LogP contribution >= 0.6 is 11.3 Å². The Morgan fingerprint density at radius 2 is 1.96 bits per heavy atom. The van der Waals surface area contributed by atoms with Crippen LogP contribution in [0.5, 0.6) is 11.5 Å². The van der Waals surface area contributed by atoms with Crippen molar-refractivity contribution in [2.75, 3.05) is 26.4 Å². The van der Waals surface area contributed by atoms with E-state index in [-0.39, 0.29) is 12.7 Å². The minimum atomic E-state index is 0.214. The normalized spacial score (nSPS) is 19.9. The van der Waals surface area contributed by atoms with Crippen LogP contribution in [0, 0.1) is 0 Å². The van der Waals surface area contributed by atoms with E-state index in [2.05, 4.69) is 16.3 Å². The zero-order valence-electron chi connectivity index (χ0n) is 15.4. The molecule has 1 aromatic heterocycles. The van der Waals surface area contributed by atoms with Crippen molar-refractivity contribution in [1.82, 2.24) is 9.80 Å². The van der Waals surface area contributed by atoms with Gasteiger partial charge < -0.3 is 14.4 Å². The van der Waals surface area contributed by atoms with E-state index >= 15 is 0 Å². The molecule has 0 unspecified atom stereocenters. The van der Waals surface area contributed by atoms with E-state index in [1.165, 1.54) is 12.0 Å². The van der Waals surface area contributed by atoms with Gasteiger partial charge >= 0.3 is 0 Å². The lowest BCUT2D eigenvalue weighted by Crippen LogP contribution is -2.48. The Morgan fingerprint density at radius 1 is 1.11 bits per heavy atom. The van der Waals surface area contributed by atoms with Crippen LogP contribution in [0.25, 0.3) is 0 Å². The Labute approximate surface area is 163 Å². The third kappa shape index (κ3) is 3.44. The van der Waals surface area contributed by atoms with E-state index in [9.17, 15) is 4.79 Å². The Hall–Kier alpha value is -2.05. The quantitative estimate of drug-likeness (QED) is 0.816. The SMILES string of the molecule is O=C(Cc1ccc2c(c1)OCO2)N1CCC(N2CCc3sccc3C2)CC1. The summed E-state index contributed by atoms with van der Waals surface area (Å²) in [5.41, 5.74) is 2.50. The maximum absolute atomic E-state index is 12.7. The van der Waals surface area contributed by atoms with Crippen molar-refractivity contribution in [3.8, 4) is 11.5 Å². The summed E-state index contributed by atoms with van der Waals surface area (Å²) in [5.74, 6) is 1.73. The monoisotopic (exact) mass is 384 g/mol. The van der Waals surface area contributed by atoms with Crippen LogP contribution in [-0.2, 0) is 24.2 Å². The highest BCUT2D eigenvalue weighted by Gasteiger charge is 2.29. The molecule has 0 N–H and O–H groups in total. The van der Waals surface area contributed by atoms with E-state index < -0.39 is 0 Å². The number of hydrogen-bond donors (Lipinski definition) is 0. The maximum Gasteiger partial charge on any atom is 0.231 e. The molecule has 0 bridgehead atoms. The van der Waals surface area contributed by atoms with Crippen molar-refractivity contribution in [2.24, 2.45) is 0 Å². The number of likely N-dealkylation sites (tertiary alicyclic amines) is 1. The number of fused-ring (bicyclic) bond motifs is 2. The Bertz CT molecular complexity index is 842. The van der Waals surface area contributed by atoms with Gasteiger partial charge in [0.05, 0.1) is 6.42 Å². The topological polar surface area (TPSA) is 42.0 Å². The average Bonchev–Trinajstić information content (AvgIpc) is 3.36. The molecule has 3 aliphatic heterocycles. The molecule has 4 heterocycles. The van der Waals surface area contributed by atoms with Crippen molar-refractivity contribution < 1.29 is 14.3 Å². The molecule has 1 amide bonds. The number of carbonyl (C=O) groups is 1. The summed E-state index contributed by atoms with van der Waals surface area (Å²) >= 11 is 1.89. The van der Waals surface area contributed by atoms with E-state index in [1.807, 2.05) is 34.4 Å². The number of benzene rings is 1. The fourth-order valence-electron chi connectivity index (χ4n) is 4.40. The highest BCUT2D eigenvalue weighted by atomic mass is 32.1. The van der Waals surface area contributed by atoms with Crippen LogP contribution in [0.3, 0.4) is 0 Å². The molecule has 142 valence electrons. The number of piperidine rings is 1.